The summed E-state index contributed by atoms with van der Waals surface area (Å²) in [6.45, 7) is 5.70. The van der Waals surface area contributed by atoms with Crippen LogP contribution in [0, 0.1) is 6.92 Å². The van der Waals surface area contributed by atoms with Crippen LogP contribution in [-0.2, 0) is 0 Å². The highest BCUT2D eigenvalue weighted by atomic mass is 35.5. The van der Waals surface area contributed by atoms with Gasteiger partial charge in [0.25, 0.3) is 5.91 Å². The molecule has 2 N–H and O–H groups in total. The second kappa shape index (κ2) is 5.54. The van der Waals surface area contributed by atoms with Crippen LogP contribution in [0.5, 0.6) is 0 Å². The number of primary amides is 1. The molecule has 4 heteroatoms. The molecule has 72 valence electrons. The molecule has 0 aliphatic rings. The van der Waals surface area contributed by atoms with Crippen LogP contribution in [0.15, 0.2) is 12.3 Å². The Kier molecular flexibility index (Phi) is 5.07. The summed E-state index contributed by atoms with van der Waals surface area (Å²) in [4.78, 5) is 14.5. The fraction of sp³-hybridized carbons (Fsp3) is 0.333. The normalized spacial score (nSPS) is 8.62. The summed E-state index contributed by atoms with van der Waals surface area (Å²) in [6.07, 6.45) is 1.45. The maximum Gasteiger partial charge on any atom is 0.267 e. The van der Waals surface area contributed by atoms with Crippen LogP contribution in [-0.4, -0.2) is 10.9 Å². The summed E-state index contributed by atoms with van der Waals surface area (Å²) in [5.74, 6) is -0.551. The Morgan fingerprint density at radius 2 is 2.08 bits per heavy atom. The number of amides is 1. The van der Waals surface area contributed by atoms with E-state index < -0.39 is 5.91 Å². The lowest BCUT2D eigenvalue weighted by atomic mass is 10.2. The zero-order valence-corrected chi connectivity index (χ0v) is 8.72. The number of hydrogen-bond acceptors (Lipinski definition) is 2. The van der Waals surface area contributed by atoms with Gasteiger partial charge in [-0.25, -0.2) is 0 Å². The monoisotopic (exact) mass is 200 g/mol. The number of carbonyl (C=O) groups excluding carboxylic acids is 1. The fourth-order valence-electron chi connectivity index (χ4n) is 0.761. The van der Waals surface area contributed by atoms with Gasteiger partial charge in [0.15, 0.2) is 0 Å². The average molecular weight is 201 g/mol. The van der Waals surface area contributed by atoms with E-state index in [0.717, 1.165) is 0 Å². The molecule has 0 aromatic carbocycles. The Morgan fingerprint density at radius 1 is 1.54 bits per heavy atom. The van der Waals surface area contributed by atoms with Crippen LogP contribution in [0.4, 0.5) is 0 Å². The summed E-state index contributed by atoms with van der Waals surface area (Å²) >= 11 is 5.71. The Hall–Kier alpha value is -1.09. The minimum atomic E-state index is -0.551. The third-order valence-electron chi connectivity index (χ3n) is 1.37. The number of hydrogen-bond donors (Lipinski definition) is 1. The quantitative estimate of drug-likeness (QED) is 0.756. The molecule has 0 unspecified atom stereocenters. The van der Waals surface area contributed by atoms with Gasteiger partial charge in [-0.05, 0) is 18.6 Å². The van der Waals surface area contributed by atoms with Gasteiger partial charge in [0, 0.05) is 11.2 Å². The van der Waals surface area contributed by atoms with Crippen LogP contribution in [0.25, 0.3) is 0 Å². The van der Waals surface area contributed by atoms with Gasteiger partial charge >= 0.3 is 0 Å². The molecule has 0 saturated carbocycles. The first kappa shape index (κ1) is 11.9. The predicted octanol–water partition coefficient (Wildman–Crippen LogP) is 2.17. The van der Waals surface area contributed by atoms with Crippen molar-refractivity contribution in [1.29, 1.82) is 0 Å². The zero-order valence-electron chi connectivity index (χ0n) is 7.97. The predicted molar refractivity (Wildman–Crippen MR) is 53.8 cm³/mol. The molecule has 3 nitrogen and oxygen atoms in total. The Balaban J connectivity index is 0.000000671. The number of rotatable bonds is 1. The number of nitrogens with two attached hydrogens (primary N) is 1. The van der Waals surface area contributed by atoms with E-state index in [4.69, 9.17) is 17.3 Å². The molecule has 1 amide bonds. The topological polar surface area (TPSA) is 56.0 Å². The van der Waals surface area contributed by atoms with Crippen LogP contribution < -0.4 is 5.73 Å². The van der Waals surface area contributed by atoms with Gasteiger partial charge in [-0.1, -0.05) is 25.4 Å². The van der Waals surface area contributed by atoms with Crippen molar-refractivity contribution >= 4 is 17.5 Å². The average Bonchev–Trinajstić information content (AvgIpc) is 2.13. The van der Waals surface area contributed by atoms with Gasteiger partial charge in [-0.15, -0.1) is 0 Å². The fourth-order valence-corrected chi connectivity index (χ4v) is 0.906. The number of carbonyl (C=O) groups is 1. The standard InChI is InChI=1S/C7H7ClN2O.C2H6/c1-4-5(8)2-3-10-6(4)7(9)11;1-2/h2-3H,1H3,(H2,9,11);1-2H3. The van der Waals surface area contributed by atoms with E-state index in [1.807, 2.05) is 13.8 Å². The van der Waals surface area contributed by atoms with Gasteiger partial charge in [0.1, 0.15) is 5.69 Å². The first-order valence-corrected chi connectivity index (χ1v) is 4.41. The number of halogens is 1. The maximum absolute atomic E-state index is 10.7. The molecule has 0 aliphatic heterocycles. The molecule has 1 heterocycles. The second-order valence-corrected chi connectivity index (χ2v) is 2.54. The third-order valence-corrected chi connectivity index (χ3v) is 1.78. The highest BCUT2D eigenvalue weighted by Crippen LogP contribution is 2.15. The molecule has 0 bridgehead atoms. The van der Waals surface area contributed by atoms with E-state index in [-0.39, 0.29) is 5.69 Å². The Morgan fingerprint density at radius 3 is 2.46 bits per heavy atom. The van der Waals surface area contributed by atoms with Crippen molar-refractivity contribution in [3.05, 3.63) is 28.5 Å². The lowest BCUT2D eigenvalue weighted by Crippen LogP contribution is -2.14. The molecule has 1 aromatic heterocycles. The summed E-state index contributed by atoms with van der Waals surface area (Å²) in [6, 6.07) is 1.61. The molecule has 0 saturated heterocycles. The minimum absolute atomic E-state index is 0.234. The molecule has 0 atom stereocenters. The number of nitrogens with zero attached hydrogens (tertiary/aromatic N) is 1. The van der Waals surface area contributed by atoms with Crippen LogP contribution in [0.2, 0.25) is 5.02 Å². The van der Waals surface area contributed by atoms with Crippen LogP contribution in [0.3, 0.4) is 0 Å². The molecular formula is C9H13ClN2O. The number of pyridine rings is 1. The number of aromatic nitrogens is 1. The van der Waals surface area contributed by atoms with Crippen molar-refractivity contribution in [2.45, 2.75) is 20.8 Å². The van der Waals surface area contributed by atoms with E-state index in [1.54, 1.807) is 13.0 Å². The van der Waals surface area contributed by atoms with E-state index >= 15 is 0 Å². The summed E-state index contributed by atoms with van der Waals surface area (Å²) in [7, 11) is 0. The smallest absolute Gasteiger partial charge is 0.267 e. The maximum atomic E-state index is 10.7. The van der Waals surface area contributed by atoms with Crippen molar-refractivity contribution in [1.82, 2.24) is 4.98 Å². The van der Waals surface area contributed by atoms with Gasteiger partial charge < -0.3 is 5.73 Å². The molecular weight excluding hydrogens is 188 g/mol. The minimum Gasteiger partial charge on any atom is -0.364 e. The van der Waals surface area contributed by atoms with E-state index in [9.17, 15) is 4.79 Å². The largest absolute Gasteiger partial charge is 0.364 e. The highest BCUT2D eigenvalue weighted by Gasteiger charge is 2.07. The lowest BCUT2D eigenvalue weighted by molar-refractivity contribution is 0.0995. The molecule has 0 fully saturated rings. The molecule has 0 aliphatic carbocycles. The molecule has 1 aromatic rings. The molecule has 1 rings (SSSR count). The second-order valence-electron chi connectivity index (χ2n) is 2.13. The molecule has 13 heavy (non-hydrogen) atoms. The Labute approximate surface area is 82.9 Å². The van der Waals surface area contributed by atoms with E-state index in [1.165, 1.54) is 6.20 Å². The van der Waals surface area contributed by atoms with Crippen LogP contribution in [0.1, 0.15) is 29.9 Å². The van der Waals surface area contributed by atoms with Crippen molar-refractivity contribution in [2.24, 2.45) is 5.73 Å². The van der Waals surface area contributed by atoms with E-state index in [0.29, 0.717) is 10.6 Å². The Bertz CT molecular complexity index is 300. The van der Waals surface area contributed by atoms with Crippen molar-refractivity contribution in [3.63, 3.8) is 0 Å². The van der Waals surface area contributed by atoms with Gasteiger partial charge in [0.2, 0.25) is 0 Å². The first-order valence-electron chi connectivity index (χ1n) is 4.04. The van der Waals surface area contributed by atoms with Crippen LogP contribution >= 0.6 is 11.6 Å². The van der Waals surface area contributed by atoms with Crippen molar-refractivity contribution in [3.8, 4) is 0 Å². The molecule has 0 spiro atoms. The SMILES string of the molecule is CC.Cc1c(Cl)ccnc1C(N)=O. The lowest BCUT2D eigenvalue weighted by Gasteiger charge is -2.00. The van der Waals surface area contributed by atoms with E-state index in [2.05, 4.69) is 4.98 Å². The van der Waals surface area contributed by atoms with Crippen molar-refractivity contribution < 1.29 is 4.79 Å². The van der Waals surface area contributed by atoms with Crippen molar-refractivity contribution in [2.75, 3.05) is 0 Å². The first-order chi connectivity index (χ1) is 6.13. The van der Waals surface area contributed by atoms with Gasteiger partial charge in [0.05, 0.1) is 0 Å². The summed E-state index contributed by atoms with van der Waals surface area (Å²) in [5.41, 5.74) is 5.88. The third kappa shape index (κ3) is 3.03. The van der Waals surface area contributed by atoms with Gasteiger partial charge in [-0.2, -0.15) is 0 Å². The summed E-state index contributed by atoms with van der Waals surface area (Å²) < 4.78 is 0. The summed E-state index contributed by atoms with van der Waals surface area (Å²) in [5, 5.41) is 0.508. The highest BCUT2D eigenvalue weighted by molar-refractivity contribution is 6.31. The zero-order chi connectivity index (χ0) is 10.4. The van der Waals surface area contributed by atoms with Gasteiger partial charge in [-0.3, -0.25) is 9.78 Å². The molecule has 0 radical (unpaired) electrons.